The van der Waals surface area contributed by atoms with Gasteiger partial charge in [-0.1, -0.05) is 35.9 Å². The molecule has 0 aliphatic heterocycles. The van der Waals surface area contributed by atoms with Crippen molar-refractivity contribution in [1.82, 2.24) is 20.3 Å². The highest BCUT2D eigenvalue weighted by Crippen LogP contribution is 2.46. The van der Waals surface area contributed by atoms with Gasteiger partial charge in [0.1, 0.15) is 0 Å². The van der Waals surface area contributed by atoms with Crippen molar-refractivity contribution in [3.63, 3.8) is 0 Å². The van der Waals surface area contributed by atoms with E-state index in [9.17, 15) is 4.79 Å². The molecule has 1 aliphatic carbocycles. The zero-order valence-corrected chi connectivity index (χ0v) is 15.2. The normalized spacial score (nSPS) is 15.8. The number of hydrogen-bond acceptors (Lipinski definition) is 5. The van der Waals surface area contributed by atoms with Crippen LogP contribution in [0.15, 0.2) is 59.7 Å². The number of aromatic nitrogens is 3. The van der Waals surface area contributed by atoms with Gasteiger partial charge in [-0.15, -0.1) is 11.3 Å². The third-order valence-corrected chi connectivity index (χ3v) is 5.29. The first-order valence-electron chi connectivity index (χ1n) is 8.49. The molecule has 1 unspecified atom stereocenters. The number of nitrogens with one attached hydrogen (secondary N) is 1. The second kappa shape index (κ2) is 7.17. The molecule has 0 spiro atoms. The summed E-state index contributed by atoms with van der Waals surface area (Å²) >= 11 is 1.52. The third-order valence-electron chi connectivity index (χ3n) is 4.40. The van der Waals surface area contributed by atoms with Crippen LogP contribution in [0.3, 0.4) is 0 Å². The molecule has 3 aromatic rings. The topological polar surface area (TPSA) is 67.8 Å². The molecule has 5 nitrogen and oxygen atoms in total. The zero-order valence-electron chi connectivity index (χ0n) is 14.3. The Morgan fingerprint density at radius 1 is 1.15 bits per heavy atom. The van der Waals surface area contributed by atoms with E-state index >= 15 is 0 Å². The highest BCUT2D eigenvalue weighted by atomic mass is 32.1. The number of amides is 1. The van der Waals surface area contributed by atoms with Crippen molar-refractivity contribution in [2.75, 3.05) is 6.54 Å². The Bertz CT molecular complexity index is 950. The first kappa shape index (κ1) is 16.6. The van der Waals surface area contributed by atoms with Crippen molar-refractivity contribution < 1.29 is 4.79 Å². The van der Waals surface area contributed by atoms with E-state index in [2.05, 4.69) is 32.4 Å². The minimum absolute atomic E-state index is 0.0724. The first-order chi connectivity index (χ1) is 12.7. The molecule has 26 heavy (non-hydrogen) atoms. The highest BCUT2D eigenvalue weighted by molar-refractivity contribution is 7.13. The molecule has 2 aromatic heterocycles. The number of nitrogens with zero attached hydrogens (tertiary/aromatic N) is 3. The molecular weight excluding hydrogens is 344 g/mol. The van der Waals surface area contributed by atoms with Gasteiger partial charge in [0, 0.05) is 30.7 Å². The summed E-state index contributed by atoms with van der Waals surface area (Å²) in [6.45, 7) is 2.60. The van der Waals surface area contributed by atoms with Gasteiger partial charge < -0.3 is 5.32 Å². The maximum absolute atomic E-state index is 12.4. The molecule has 1 N–H and O–H groups in total. The molecule has 4 rings (SSSR count). The summed E-state index contributed by atoms with van der Waals surface area (Å²) in [5.41, 5.74) is 4.39. The van der Waals surface area contributed by atoms with Crippen LogP contribution in [0.25, 0.3) is 16.4 Å². The molecule has 2 heterocycles. The van der Waals surface area contributed by atoms with Crippen LogP contribution in [0.2, 0.25) is 0 Å². The molecule has 0 saturated carbocycles. The van der Waals surface area contributed by atoms with Gasteiger partial charge >= 0.3 is 0 Å². The van der Waals surface area contributed by atoms with Gasteiger partial charge in [0.2, 0.25) is 5.91 Å². The van der Waals surface area contributed by atoms with Crippen molar-refractivity contribution in [1.29, 1.82) is 0 Å². The summed E-state index contributed by atoms with van der Waals surface area (Å²) in [6, 6.07) is 11.9. The van der Waals surface area contributed by atoms with E-state index in [4.69, 9.17) is 0 Å². The van der Waals surface area contributed by atoms with Gasteiger partial charge in [-0.2, -0.15) is 0 Å². The molecular formula is C20H18N4OS. The van der Waals surface area contributed by atoms with E-state index < -0.39 is 0 Å². The standard InChI is InChI=1S/C20H18N4OS/c1-13-16(14-6-3-2-4-7-14)17(13)19(25)23-11-8-15-12-26-20(24-15)18-21-9-5-10-22-18/h2-7,9-10,12,17H,8,11H2,1H3,(H,23,25). The number of carbonyl (C=O) groups is 1. The monoisotopic (exact) mass is 362 g/mol. The summed E-state index contributed by atoms with van der Waals surface area (Å²) in [7, 11) is 0. The Hall–Kier alpha value is -2.86. The Labute approximate surface area is 155 Å². The number of carbonyl (C=O) groups excluding carboxylic acids is 1. The average Bonchev–Trinajstić information content (AvgIpc) is 3.13. The quantitative estimate of drug-likeness (QED) is 0.730. The minimum Gasteiger partial charge on any atom is -0.355 e. The molecule has 130 valence electrons. The van der Waals surface area contributed by atoms with Crippen LogP contribution in [0.1, 0.15) is 18.2 Å². The smallest absolute Gasteiger partial charge is 0.231 e. The van der Waals surface area contributed by atoms with Crippen LogP contribution in [0, 0.1) is 5.92 Å². The maximum atomic E-state index is 12.4. The Morgan fingerprint density at radius 2 is 1.92 bits per heavy atom. The Balaban J connectivity index is 1.29. The molecule has 6 heteroatoms. The summed E-state index contributed by atoms with van der Waals surface area (Å²) < 4.78 is 0. The van der Waals surface area contributed by atoms with Crippen molar-refractivity contribution in [2.24, 2.45) is 5.92 Å². The van der Waals surface area contributed by atoms with Crippen molar-refractivity contribution in [3.8, 4) is 10.8 Å². The van der Waals surface area contributed by atoms with Gasteiger partial charge in [0.25, 0.3) is 0 Å². The summed E-state index contributed by atoms with van der Waals surface area (Å²) in [5, 5.41) is 5.82. The van der Waals surface area contributed by atoms with Crippen LogP contribution in [-0.2, 0) is 11.2 Å². The zero-order chi connectivity index (χ0) is 17.9. The predicted octanol–water partition coefficient (Wildman–Crippen LogP) is 3.36. The SMILES string of the molecule is CC1=C(c2ccccc2)C1C(=O)NCCc1csc(-c2ncccn2)n1. The number of thiazole rings is 1. The molecule has 0 fully saturated rings. The number of rotatable bonds is 6. The van der Waals surface area contributed by atoms with Crippen molar-refractivity contribution in [2.45, 2.75) is 13.3 Å². The Morgan fingerprint density at radius 3 is 2.69 bits per heavy atom. The average molecular weight is 362 g/mol. The second-order valence-electron chi connectivity index (χ2n) is 6.15. The lowest BCUT2D eigenvalue weighted by molar-refractivity contribution is -0.121. The summed E-state index contributed by atoms with van der Waals surface area (Å²) in [4.78, 5) is 25.4. The lowest BCUT2D eigenvalue weighted by Gasteiger charge is -2.04. The fourth-order valence-corrected chi connectivity index (χ4v) is 3.82. The van der Waals surface area contributed by atoms with E-state index in [0.29, 0.717) is 18.8 Å². The van der Waals surface area contributed by atoms with Crippen LogP contribution < -0.4 is 5.32 Å². The first-order valence-corrected chi connectivity index (χ1v) is 9.37. The van der Waals surface area contributed by atoms with Gasteiger partial charge in [-0.3, -0.25) is 4.79 Å². The van der Waals surface area contributed by atoms with E-state index in [1.807, 2.05) is 30.5 Å². The van der Waals surface area contributed by atoms with Crippen LogP contribution in [-0.4, -0.2) is 27.4 Å². The van der Waals surface area contributed by atoms with Crippen LogP contribution >= 0.6 is 11.3 Å². The number of benzene rings is 1. The maximum Gasteiger partial charge on any atom is 0.231 e. The van der Waals surface area contributed by atoms with Gasteiger partial charge in [-0.05, 0) is 24.1 Å². The van der Waals surface area contributed by atoms with Gasteiger partial charge in [0.15, 0.2) is 10.8 Å². The van der Waals surface area contributed by atoms with E-state index in [1.54, 1.807) is 18.5 Å². The highest BCUT2D eigenvalue weighted by Gasteiger charge is 2.39. The molecule has 1 aromatic carbocycles. The molecule has 0 radical (unpaired) electrons. The summed E-state index contributed by atoms with van der Waals surface area (Å²) in [5.74, 6) is 0.627. The molecule has 1 aliphatic rings. The van der Waals surface area contributed by atoms with E-state index in [1.165, 1.54) is 11.3 Å². The predicted molar refractivity (Wildman–Crippen MR) is 102 cm³/mol. The number of hydrogen-bond donors (Lipinski definition) is 1. The molecule has 1 atom stereocenters. The summed E-state index contributed by atoms with van der Waals surface area (Å²) in [6.07, 6.45) is 4.11. The largest absolute Gasteiger partial charge is 0.355 e. The van der Waals surface area contributed by atoms with Gasteiger partial charge in [0.05, 0.1) is 11.6 Å². The van der Waals surface area contributed by atoms with Crippen molar-refractivity contribution in [3.05, 3.63) is 71.0 Å². The Kier molecular flexibility index (Phi) is 4.58. The van der Waals surface area contributed by atoms with Crippen molar-refractivity contribution >= 4 is 22.8 Å². The lowest BCUT2D eigenvalue weighted by Crippen LogP contribution is -2.28. The van der Waals surface area contributed by atoms with Crippen LogP contribution in [0.5, 0.6) is 0 Å². The van der Waals surface area contributed by atoms with Gasteiger partial charge in [-0.25, -0.2) is 15.0 Å². The third kappa shape index (κ3) is 3.41. The van der Waals surface area contributed by atoms with E-state index in [0.717, 1.165) is 27.4 Å². The molecule has 0 saturated heterocycles. The lowest BCUT2D eigenvalue weighted by atomic mass is 10.1. The fourth-order valence-electron chi connectivity index (χ4n) is 3.02. The molecule has 1 amide bonds. The van der Waals surface area contributed by atoms with Crippen LogP contribution in [0.4, 0.5) is 0 Å². The fraction of sp³-hybridized carbons (Fsp3) is 0.200. The second-order valence-corrected chi connectivity index (χ2v) is 7.01. The van der Waals surface area contributed by atoms with E-state index in [-0.39, 0.29) is 11.8 Å². The molecule has 0 bridgehead atoms. The minimum atomic E-state index is -0.0823.